The number of benzene rings is 2. The van der Waals surface area contributed by atoms with E-state index in [9.17, 15) is 23.9 Å². The minimum Gasteiger partial charge on any atom is -0.490 e. The average molecular weight is 507 g/mol. The van der Waals surface area contributed by atoms with E-state index in [0.717, 1.165) is 19.3 Å². The van der Waals surface area contributed by atoms with E-state index in [2.05, 4.69) is 10.2 Å². The number of aromatic amines is 1. The van der Waals surface area contributed by atoms with E-state index in [0.29, 0.717) is 60.4 Å². The van der Waals surface area contributed by atoms with E-state index in [1.54, 1.807) is 29.2 Å². The van der Waals surface area contributed by atoms with Crippen molar-refractivity contribution in [2.75, 3.05) is 26.2 Å². The zero-order valence-electron chi connectivity index (χ0n) is 20.2. The van der Waals surface area contributed by atoms with Crippen molar-refractivity contribution < 1.29 is 23.8 Å². The Morgan fingerprint density at radius 1 is 1.03 bits per heavy atom. The molecule has 0 bridgehead atoms. The molecule has 10 heteroatoms. The predicted molar refractivity (Wildman–Crippen MR) is 132 cm³/mol. The Morgan fingerprint density at radius 2 is 1.76 bits per heavy atom. The molecule has 37 heavy (non-hydrogen) atoms. The molecule has 2 unspecified atom stereocenters. The summed E-state index contributed by atoms with van der Waals surface area (Å²) in [4.78, 5) is 39.8. The van der Waals surface area contributed by atoms with Crippen LogP contribution in [0.15, 0.2) is 41.2 Å². The van der Waals surface area contributed by atoms with Crippen molar-refractivity contribution >= 4 is 22.8 Å². The highest BCUT2D eigenvalue weighted by Gasteiger charge is 2.43. The number of likely N-dealkylation sites (tertiary alicyclic amines) is 2. The lowest BCUT2D eigenvalue weighted by molar-refractivity contribution is 0.0769. The zero-order valence-corrected chi connectivity index (χ0v) is 20.2. The third-order valence-corrected chi connectivity index (χ3v) is 7.87. The molecule has 2 N–H and O–H groups in total. The Morgan fingerprint density at radius 3 is 2.43 bits per heavy atom. The van der Waals surface area contributed by atoms with Gasteiger partial charge >= 0.3 is 6.09 Å². The summed E-state index contributed by atoms with van der Waals surface area (Å²) in [6, 6.07) is 9.78. The number of carbonyl (C=O) groups is 2. The van der Waals surface area contributed by atoms with Crippen molar-refractivity contribution in [2.24, 2.45) is 11.8 Å². The summed E-state index contributed by atoms with van der Waals surface area (Å²) in [5, 5.41) is 17.2. The van der Waals surface area contributed by atoms with Crippen molar-refractivity contribution in [3.63, 3.8) is 0 Å². The molecular formula is C27H27FN4O5. The first kappa shape index (κ1) is 23.4. The van der Waals surface area contributed by atoms with Gasteiger partial charge in [0, 0.05) is 49.8 Å². The maximum Gasteiger partial charge on any atom is 0.407 e. The lowest BCUT2D eigenvalue weighted by atomic mass is 9.96. The number of rotatable bonds is 5. The minimum absolute atomic E-state index is 0.0182. The van der Waals surface area contributed by atoms with Gasteiger partial charge in [-0.05, 0) is 55.2 Å². The summed E-state index contributed by atoms with van der Waals surface area (Å²) in [7, 11) is 0. The molecule has 2 amide bonds. The molecule has 2 atom stereocenters. The molecule has 0 radical (unpaired) electrons. The van der Waals surface area contributed by atoms with Gasteiger partial charge in [-0.15, -0.1) is 0 Å². The Hall–Kier alpha value is -3.95. The second-order valence-electron chi connectivity index (χ2n) is 10.3. The van der Waals surface area contributed by atoms with Crippen LogP contribution in [0.25, 0.3) is 10.8 Å². The number of halogens is 1. The van der Waals surface area contributed by atoms with Gasteiger partial charge in [0.2, 0.25) is 0 Å². The predicted octanol–water partition coefficient (Wildman–Crippen LogP) is 3.27. The number of hydrogen-bond acceptors (Lipinski definition) is 5. The Kier molecular flexibility index (Phi) is 5.81. The van der Waals surface area contributed by atoms with Gasteiger partial charge in [0.25, 0.3) is 11.5 Å². The maximum atomic E-state index is 14.8. The molecule has 192 valence electrons. The molecule has 6 rings (SSSR count). The topological polar surface area (TPSA) is 116 Å². The number of nitrogens with zero attached hydrogens (tertiary/aromatic N) is 3. The number of aromatic nitrogens is 2. The third-order valence-electron chi connectivity index (χ3n) is 7.87. The van der Waals surface area contributed by atoms with E-state index >= 15 is 0 Å². The summed E-state index contributed by atoms with van der Waals surface area (Å²) < 4.78 is 20.8. The molecule has 3 aliphatic rings. The Balaban J connectivity index is 1.23. The summed E-state index contributed by atoms with van der Waals surface area (Å²) >= 11 is 0. The molecular weight excluding hydrogens is 479 g/mol. The molecule has 2 aliphatic heterocycles. The molecule has 9 nitrogen and oxygen atoms in total. The minimum atomic E-state index is -0.948. The van der Waals surface area contributed by atoms with Crippen LogP contribution in [0.5, 0.6) is 5.75 Å². The van der Waals surface area contributed by atoms with Gasteiger partial charge < -0.3 is 19.6 Å². The van der Waals surface area contributed by atoms with Crippen molar-refractivity contribution in [3.05, 3.63) is 69.4 Å². The number of H-pyrrole nitrogens is 1. The quantitative estimate of drug-likeness (QED) is 0.549. The van der Waals surface area contributed by atoms with E-state index in [1.807, 2.05) is 6.07 Å². The van der Waals surface area contributed by atoms with Crippen LogP contribution in [-0.2, 0) is 6.42 Å². The second-order valence-corrected chi connectivity index (χ2v) is 10.3. The Labute approximate surface area is 211 Å². The molecule has 1 aliphatic carbocycles. The number of carboxylic acid groups (broad SMARTS) is 1. The molecule has 2 saturated heterocycles. The third kappa shape index (κ3) is 4.41. The first-order chi connectivity index (χ1) is 17.9. The van der Waals surface area contributed by atoms with E-state index < -0.39 is 17.8 Å². The fourth-order valence-corrected chi connectivity index (χ4v) is 5.61. The molecule has 1 aromatic heterocycles. The second kappa shape index (κ2) is 9.17. The van der Waals surface area contributed by atoms with Crippen LogP contribution >= 0.6 is 0 Å². The maximum absolute atomic E-state index is 14.8. The van der Waals surface area contributed by atoms with Gasteiger partial charge in [0.15, 0.2) is 0 Å². The number of hydrogen-bond donors (Lipinski definition) is 2. The van der Waals surface area contributed by atoms with E-state index in [-0.39, 0.29) is 29.1 Å². The fraction of sp³-hybridized carbons (Fsp3) is 0.407. The number of amides is 2. The molecule has 0 spiro atoms. The van der Waals surface area contributed by atoms with Gasteiger partial charge in [-0.3, -0.25) is 9.59 Å². The number of nitrogens with one attached hydrogen (secondary N) is 1. The number of fused-ring (bicyclic) bond motifs is 2. The number of carbonyl (C=O) groups excluding carboxylic acids is 1. The van der Waals surface area contributed by atoms with Crippen molar-refractivity contribution in [1.29, 1.82) is 0 Å². The van der Waals surface area contributed by atoms with Gasteiger partial charge in [-0.2, -0.15) is 5.10 Å². The zero-order chi connectivity index (χ0) is 25.7. The monoisotopic (exact) mass is 506 g/mol. The van der Waals surface area contributed by atoms with Crippen LogP contribution in [-0.4, -0.2) is 69.4 Å². The summed E-state index contributed by atoms with van der Waals surface area (Å²) in [5.41, 5.74) is 0.968. The molecule has 2 aromatic carbocycles. The number of ether oxygens (including phenoxy) is 1. The standard InChI is InChI=1S/C27H27FN4O5/c28-23-7-4-15(8-22(23)26(34)31-11-16-13-32(27(35)36)14-17(16)12-31)9-24-21-10-19(37-18-2-1-3-18)5-6-20(21)25(33)30-29-24/h4-8,10,16-18H,1-3,9,11-14H2,(H,30,33)(H,35,36). The van der Waals surface area contributed by atoms with Crippen LogP contribution in [0.1, 0.15) is 40.9 Å². The first-order valence-corrected chi connectivity index (χ1v) is 12.6. The SMILES string of the molecule is O=C(O)N1CC2CN(C(=O)c3cc(Cc4n[nH]c(=O)c5ccc(OC6CCC6)cc45)ccc3F)CC2C1. The van der Waals surface area contributed by atoms with Gasteiger partial charge in [0.05, 0.1) is 22.7 Å². The van der Waals surface area contributed by atoms with Crippen molar-refractivity contribution in [1.82, 2.24) is 20.0 Å². The van der Waals surface area contributed by atoms with Crippen molar-refractivity contribution in [2.45, 2.75) is 31.8 Å². The van der Waals surface area contributed by atoms with Gasteiger partial charge in [-0.1, -0.05) is 6.07 Å². The van der Waals surface area contributed by atoms with Crippen LogP contribution in [0.2, 0.25) is 0 Å². The highest BCUT2D eigenvalue weighted by Crippen LogP contribution is 2.33. The summed E-state index contributed by atoms with van der Waals surface area (Å²) in [5.74, 6) is -0.180. The lowest BCUT2D eigenvalue weighted by Gasteiger charge is -2.26. The highest BCUT2D eigenvalue weighted by atomic mass is 19.1. The first-order valence-electron chi connectivity index (χ1n) is 12.6. The van der Waals surface area contributed by atoms with Crippen LogP contribution in [0.4, 0.5) is 9.18 Å². The molecule has 3 heterocycles. The smallest absolute Gasteiger partial charge is 0.407 e. The Bertz CT molecular complexity index is 1440. The van der Waals surface area contributed by atoms with Crippen LogP contribution in [0.3, 0.4) is 0 Å². The van der Waals surface area contributed by atoms with E-state index in [4.69, 9.17) is 4.74 Å². The lowest BCUT2D eigenvalue weighted by Crippen LogP contribution is -2.35. The summed E-state index contributed by atoms with van der Waals surface area (Å²) in [6.07, 6.45) is 2.72. The average Bonchev–Trinajstić information content (AvgIpc) is 3.44. The largest absolute Gasteiger partial charge is 0.490 e. The summed E-state index contributed by atoms with van der Waals surface area (Å²) in [6.45, 7) is 1.60. The van der Waals surface area contributed by atoms with Crippen LogP contribution < -0.4 is 10.3 Å². The van der Waals surface area contributed by atoms with Crippen molar-refractivity contribution in [3.8, 4) is 5.75 Å². The van der Waals surface area contributed by atoms with Gasteiger partial charge in [0.1, 0.15) is 11.6 Å². The molecule has 1 saturated carbocycles. The molecule has 3 aromatic rings. The fourth-order valence-electron chi connectivity index (χ4n) is 5.61. The normalized spacial score (nSPS) is 21.2. The molecule has 3 fully saturated rings. The van der Waals surface area contributed by atoms with Gasteiger partial charge in [-0.25, -0.2) is 14.3 Å². The van der Waals surface area contributed by atoms with E-state index in [1.165, 1.54) is 11.0 Å². The van der Waals surface area contributed by atoms with Crippen LogP contribution in [0, 0.1) is 17.7 Å². The highest BCUT2D eigenvalue weighted by molar-refractivity contribution is 5.95.